The lowest BCUT2D eigenvalue weighted by molar-refractivity contribution is 0.385. The van der Waals surface area contributed by atoms with Gasteiger partial charge in [0.25, 0.3) is 0 Å². The van der Waals surface area contributed by atoms with Crippen LogP contribution in [-0.2, 0) is 10.0 Å². The van der Waals surface area contributed by atoms with Crippen LogP contribution in [0.3, 0.4) is 0 Å². The molecule has 1 aliphatic rings. The van der Waals surface area contributed by atoms with Crippen molar-refractivity contribution < 1.29 is 8.42 Å². The Bertz CT molecular complexity index is 1050. The van der Waals surface area contributed by atoms with E-state index in [4.69, 9.17) is 0 Å². The molecule has 3 aromatic rings. The molecular formula is C18H20N4O2S2. The smallest absolute Gasteiger partial charge is 0.245 e. The van der Waals surface area contributed by atoms with E-state index in [1.165, 1.54) is 16.8 Å². The van der Waals surface area contributed by atoms with E-state index in [0.29, 0.717) is 37.2 Å². The van der Waals surface area contributed by atoms with E-state index < -0.39 is 10.0 Å². The Morgan fingerprint density at radius 1 is 0.962 bits per heavy atom. The Morgan fingerprint density at radius 3 is 2.46 bits per heavy atom. The van der Waals surface area contributed by atoms with Crippen molar-refractivity contribution in [2.75, 3.05) is 31.1 Å². The first-order chi connectivity index (χ1) is 12.5. The van der Waals surface area contributed by atoms with Gasteiger partial charge in [-0.05, 0) is 43.2 Å². The van der Waals surface area contributed by atoms with Gasteiger partial charge in [0.05, 0.1) is 11.7 Å². The number of nitrogens with zero attached hydrogens (tertiary/aromatic N) is 4. The molecule has 1 aliphatic heterocycles. The quantitative estimate of drug-likeness (QED) is 0.690. The standard InChI is InChI=1S/C18H20N4O2S2/c1-13-5-3-7-16(14(13)2)21-9-11-22(12-10-21)26(23,24)17-8-4-6-15-18(17)20-25-19-15/h3-8H,9-12H2,1-2H3. The highest BCUT2D eigenvalue weighted by Crippen LogP contribution is 2.28. The second kappa shape index (κ2) is 6.61. The van der Waals surface area contributed by atoms with Crippen molar-refractivity contribution in [3.05, 3.63) is 47.5 Å². The summed E-state index contributed by atoms with van der Waals surface area (Å²) in [6, 6.07) is 11.4. The fourth-order valence-electron chi connectivity index (χ4n) is 3.38. The van der Waals surface area contributed by atoms with Gasteiger partial charge in [-0.3, -0.25) is 0 Å². The first-order valence-electron chi connectivity index (χ1n) is 8.51. The average molecular weight is 389 g/mol. The largest absolute Gasteiger partial charge is 0.369 e. The fraction of sp³-hybridized carbons (Fsp3) is 0.333. The van der Waals surface area contributed by atoms with E-state index in [0.717, 1.165) is 11.7 Å². The average Bonchev–Trinajstić information content (AvgIpc) is 3.13. The van der Waals surface area contributed by atoms with Gasteiger partial charge in [0, 0.05) is 31.9 Å². The molecule has 2 heterocycles. The summed E-state index contributed by atoms with van der Waals surface area (Å²) in [5.41, 5.74) is 4.79. The van der Waals surface area contributed by atoms with E-state index in [9.17, 15) is 8.42 Å². The predicted molar refractivity (Wildman–Crippen MR) is 104 cm³/mol. The summed E-state index contributed by atoms with van der Waals surface area (Å²) in [7, 11) is -3.57. The molecule has 0 unspecified atom stereocenters. The molecule has 26 heavy (non-hydrogen) atoms. The number of aromatic nitrogens is 2. The Hall–Kier alpha value is -2.03. The highest BCUT2D eigenvalue weighted by atomic mass is 32.2. The maximum absolute atomic E-state index is 13.1. The second-order valence-electron chi connectivity index (χ2n) is 6.50. The van der Waals surface area contributed by atoms with Crippen LogP contribution < -0.4 is 4.90 Å². The van der Waals surface area contributed by atoms with Gasteiger partial charge in [-0.25, -0.2) is 8.42 Å². The van der Waals surface area contributed by atoms with Gasteiger partial charge >= 0.3 is 0 Å². The maximum atomic E-state index is 13.1. The Morgan fingerprint density at radius 2 is 1.69 bits per heavy atom. The van der Waals surface area contributed by atoms with Gasteiger partial charge in [0.2, 0.25) is 10.0 Å². The zero-order valence-corrected chi connectivity index (χ0v) is 16.3. The van der Waals surface area contributed by atoms with E-state index in [2.05, 4.69) is 45.7 Å². The zero-order valence-electron chi connectivity index (χ0n) is 14.7. The normalized spacial score (nSPS) is 16.3. The van der Waals surface area contributed by atoms with Crippen LogP contribution in [0.1, 0.15) is 11.1 Å². The molecule has 0 amide bonds. The maximum Gasteiger partial charge on any atom is 0.245 e. The van der Waals surface area contributed by atoms with Gasteiger partial charge < -0.3 is 4.90 Å². The summed E-state index contributed by atoms with van der Waals surface area (Å²) in [6.45, 7) is 6.49. The molecule has 0 atom stereocenters. The van der Waals surface area contributed by atoms with Crippen LogP contribution in [0, 0.1) is 13.8 Å². The molecule has 1 aromatic heterocycles. The SMILES string of the molecule is Cc1cccc(N2CCN(S(=O)(=O)c3cccc4nsnc34)CC2)c1C. The summed E-state index contributed by atoms with van der Waals surface area (Å²) < 4.78 is 36.1. The third-order valence-corrected chi connectivity index (χ3v) is 7.49. The minimum absolute atomic E-state index is 0.254. The van der Waals surface area contributed by atoms with Crippen LogP contribution in [0.4, 0.5) is 5.69 Å². The van der Waals surface area contributed by atoms with Crippen molar-refractivity contribution in [2.45, 2.75) is 18.7 Å². The van der Waals surface area contributed by atoms with E-state index >= 15 is 0 Å². The van der Waals surface area contributed by atoms with Crippen LogP contribution >= 0.6 is 11.7 Å². The summed E-state index contributed by atoms with van der Waals surface area (Å²) in [5, 5.41) is 0. The molecule has 0 N–H and O–H groups in total. The number of benzene rings is 2. The van der Waals surface area contributed by atoms with E-state index in [1.54, 1.807) is 22.5 Å². The van der Waals surface area contributed by atoms with Crippen molar-refractivity contribution >= 4 is 38.5 Å². The van der Waals surface area contributed by atoms with Crippen LogP contribution in [0.5, 0.6) is 0 Å². The van der Waals surface area contributed by atoms with E-state index in [1.807, 2.05) is 0 Å². The molecule has 2 aromatic carbocycles. The lowest BCUT2D eigenvalue weighted by Gasteiger charge is -2.36. The van der Waals surface area contributed by atoms with Gasteiger partial charge in [0.15, 0.2) is 0 Å². The lowest BCUT2D eigenvalue weighted by atomic mass is 10.1. The van der Waals surface area contributed by atoms with Crippen molar-refractivity contribution in [3.63, 3.8) is 0 Å². The van der Waals surface area contributed by atoms with Crippen LogP contribution in [0.2, 0.25) is 0 Å². The first kappa shape index (κ1) is 17.4. The molecule has 1 saturated heterocycles. The molecule has 6 nitrogen and oxygen atoms in total. The minimum Gasteiger partial charge on any atom is -0.369 e. The number of aryl methyl sites for hydroxylation is 1. The highest BCUT2D eigenvalue weighted by Gasteiger charge is 2.31. The first-order valence-corrected chi connectivity index (χ1v) is 10.7. The van der Waals surface area contributed by atoms with Gasteiger partial charge in [0.1, 0.15) is 15.9 Å². The molecule has 0 saturated carbocycles. The van der Waals surface area contributed by atoms with Crippen molar-refractivity contribution in [2.24, 2.45) is 0 Å². The number of sulfonamides is 1. The molecule has 8 heteroatoms. The molecule has 136 valence electrons. The third kappa shape index (κ3) is 2.87. The van der Waals surface area contributed by atoms with Crippen LogP contribution in [0.15, 0.2) is 41.3 Å². The molecule has 0 spiro atoms. The summed E-state index contributed by atoms with van der Waals surface area (Å²) in [5.74, 6) is 0. The summed E-state index contributed by atoms with van der Waals surface area (Å²) in [4.78, 5) is 2.52. The third-order valence-electron chi connectivity index (χ3n) is 5.02. The highest BCUT2D eigenvalue weighted by molar-refractivity contribution is 7.89. The number of rotatable bonds is 3. The molecule has 1 fully saturated rings. The molecule has 0 bridgehead atoms. The zero-order chi connectivity index (χ0) is 18.3. The Kier molecular flexibility index (Phi) is 4.42. The Balaban J connectivity index is 1.58. The van der Waals surface area contributed by atoms with Crippen LogP contribution in [0.25, 0.3) is 11.0 Å². The molecule has 4 rings (SSSR count). The minimum atomic E-state index is -3.57. The lowest BCUT2D eigenvalue weighted by Crippen LogP contribution is -2.48. The van der Waals surface area contributed by atoms with Crippen LogP contribution in [-0.4, -0.2) is 47.6 Å². The van der Waals surface area contributed by atoms with Gasteiger partial charge in [-0.15, -0.1) is 0 Å². The summed E-state index contributed by atoms with van der Waals surface area (Å²) >= 11 is 1.04. The number of piperazine rings is 1. The van der Waals surface area contributed by atoms with Crippen molar-refractivity contribution in [3.8, 4) is 0 Å². The number of hydrogen-bond donors (Lipinski definition) is 0. The molecular weight excluding hydrogens is 368 g/mol. The Labute approximate surface area is 157 Å². The predicted octanol–water partition coefficient (Wildman–Crippen LogP) is 2.82. The van der Waals surface area contributed by atoms with Crippen molar-refractivity contribution in [1.29, 1.82) is 0 Å². The number of fused-ring (bicyclic) bond motifs is 1. The van der Waals surface area contributed by atoms with E-state index in [-0.39, 0.29) is 4.90 Å². The van der Waals surface area contributed by atoms with Crippen molar-refractivity contribution in [1.82, 2.24) is 13.1 Å². The fourth-order valence-corrected chi connectivity index (χ4v) is 5.55. The monoisotopic (exact) mass is 388 g/mol. The number of anilines is 1. The number of hydrogen-bond acceptors (Lipinski definition) is 6. The van der Waals surface area contributed by atoms with Gasteiger partial charge in [-0.2, -0.15) is 13.1 Å². The second-order valence-corrected chi connectivity index (χ2v) is 8.93. The topological polar surface area (TPSA) is 66.4 Å². The summed E-state index contributed by atoms with van der Waals surface area (Å²) in [6.07, 6.45) is 0. The van der Waals surface area contributed by atoms with Gasteiger partial charge in [-0.1, -0.05) is 18.2 Å². The molecule has 0 radical (unpaired) electrons. The molecule has 0 aliphatic carbocycles.